The van der Waals surface area contributed by atoms with Crippen LogP contribution >= 0.6 is 11.6 Å². The zero-order chi connectivity index (χ0) is 17.6. The number of quaternary nitrogens is 2. The quantitative estimate of drug-likeness (QED) is 0.797. The van der Waals surface area contributed by atoms with E-state index in [-0.39, 0.29) is 0 Å². The topological polar surface area (TPSA) is 27.3 Å². The minimum Gasteiger partial charge on any atom is -0.493 e. The van der Waals surface area contributed by atoms with Crippen molar-refractivity contribution in [1.29, 1.82) is 0 Å². The number of hydrogen-bond acceptors (Lipinski definition) is 2. The van der Waals surface area contributed by atoms with Crippen molar-refractivity contribution in [1.82, 2.24) is 0 Å². The summed E-state index contributed by atoms with van der Waals surface area (Å²) >= 11 is 6.29. The van der Waals surface area contributed by atoms with E-state index in [1.165, 1.54) is 37.3 Å². The van der Waals surface area contributed by atoms with E-state index in [0.717, 1.165) is 29.6 Å². The third-order valence-electron chi connectivity index (χ3n) is 4.96. The second-order valence-corrected chi connectivity index (χ2v) is 7.04. The highest BCUT2D eigenvalue weighted by atomic mass is 35.5. The number of rotatable bonds is 6. The number of nitrogens with one attached hydrogen (secondary N) is 2. The lowest BCUT2D eigenvalue weighted by atomic mass is 10.1. The van der Waals surface area contributed by atoms with Crippen molar-refractivity contribution in [3.63, 3.8) is 0 Å². The van der Waals surface area contributed by atoms with Gasteiger partial charge < -0.3 is 19.3 Å². The minimum atomic E-state index is 0.787. The molecule has 4 nitrogen and oxygen atoms in total. The number of methoxy groups -OCH3 is 2. The lowest BCUT2D eigenvalue weighted by molar-refractivity contribution is -1.02. The first-order chi connectivity index (χ1) is 12.2. The van der Waals surface area contributed by atoms with Gasteiger partial charge in [0.15, 0.2) is 11.5 Å². The smallest absolute Gasteiger partial charge is 0.161 e. The van der Waals surface area contributed by atoms with Crippen LogP contribution in [0.4, 0.5) is 0 Å². The van der Waals surface area contributed by atoms with Crippen LogP contribution in [0.25, 0.3) is 0 Å². The molecule has 0 aromatic heterocycles. The summed E-state index contributed by atoms with van der Waals surface area (Å²) in [5.74, 6) is 1.60. The number of benzene rings is 2. The number of hydrogen-bond donors (Lipinski definition) is 2. The highest BCUT2D eigenvalue weighted by Crippen LogP contribution is 2.27. The molecule has 2 N–H and O–H groups in total. The molecule has 1 aliphatic heterocycles. The second kappa shape index (κ2) is 8.56. The summed E-state index contributed by atoms with van der Waals surface area (Å²) in [6.45, 7) is 6.74. The summed E-state index contributed by atoms with van der Waals surface area (Å²) in [5.41, 5.74) is 2.55. The Labute approximate surface area is 154 Å². The van der Waals surface area contributed by atoms with Crippen molar-refractivity contribution in [2.75, 3.05) is 40.4 Å². The highest BCUT2D eigenvalue weighted by Gasteiger charge is 2.24. The maximum Gasteiger partial charge on any atom is 0.161 e. The number of ether oxygens (including phenoxy) is 2. The second-order valence-electron chi connectivity index (χ2n) is 6.63. The molecule has 2 aromatic carbocycles. The van der Waals surface area contributed by atoms with Crippen LogP contribution in [0.3, 0.4) is 0 Å². The Morgan fingerprint density at radius 3 is 2.12 bits per heavy atom. The fraction of sp³-hybridized carbons (Fsp3) is 0.400. The highest BCUT2D eigenvalue weighted by molar-refractivity contribution is 6.31. The Balaban J connectivity index is 1.53. The predicted octanol–water partition coefficient (Wildman–Crippen LogP) is 0.841. The zero-order valence-electron chi connectivity index (χ0n) is 15.0. The van der Waals surface area contributed by atoms with E-state index in [4.69, 9.17) is 21.1 Å². The van der Waals surface area contributed by atoms with E-state index in [0.29, 0.717) is 0 Å². The van der Waals surface area contributed by atoms with Gasteiger partial charge in [-0.2, -0.15) is 0 Å². The molecule has 3 rings (SSSR count). The van der Waals surface area contributed by atoms with Gasteiger partial charge >= 0.3 is 0 Å². The molecule has 1 heterocycles. The average Bonchev–Trinajstić information content (AvgIpc) is 2.65. The standard InChI is InChI=1S/C20H25ClN2O2/c1-24-19-8-7-16(13-20(19)25-2)14-22-9-11-23(12-10-22)15-17-5-3-4-6-18(17)21/h3-8,13H,9-12,14-15H2,1-2H3/p+2. The van der Waals surface area contributed by atoms with Crippen molar-refractivity contribution < 1.29 is 19.3 Å². The molecule has 25 heavy (non-hydrogen) atoms. The van der Waals surface area contributed by atoms with Crippen LogP contribution in [0.1, 0.15) is 11.1 Å². The van der Waals surface area contributed by atoms with E-state index in [1.54, 1.807) is 24.0 Å². The SMILES string of the molecule is COc1ccc(C[NH+]2CC[NH+](Cc3ccccc3Cl)CC2)cc1OC. The van der Waals surface area contributed by atoms with Gasteiger partial charge in [0, 0.05) is 16.1 Å². The Morgan fingerprint density at radius 1 is 0.840 bits per heavy atom. The molecule has 1 fully saturated rings. The van der Waals surface area contributed by atoms with Gasteiger partial charge in [0.25, 0.3) is 0 Å². The van der Waals surface area contributed by atoms with Gasteiger partial charge in [0.1, 0.15) is 39.3 Å². The van der Waals surface area contributed by atoms with Crippen LogP contribution in [0.15, 0.2) is 42.5 Å². The molecule has 5 heteroatoms. The van der Waals surface area contributed by atoms with E-state index in [1.807, 2.05) is 18.2 Å². The first-order valence-corrected chi connectivity index (χ1v) is 9.19. The monoisotopic (exact) mass is 362 g/mol. The molecule has 1 saturated heterocycles. The molecule has 1 aliphatic rings. The summed E-state index contributed by atoms with van der Waals surface area (Å²) < 4.78 is 10.7. The van der Waals surface area contributed by atoms with Gasteiger partial charge in [0.2, 0.25) is 0 Å². The first kappa shape index (κ1) is 18.1. The van der Waals surface area contributed by atoms with Gasteiger partial charge in [-0.15, -0.1) is 0 Å². The van der Waals surface area contributed by atoms with E-state index in [2.05, 4.69) is 24.3 Å². The average molecular weight is 363 g/mol. The van der Waals surface area contributed by atoms with Gasteiger partial charge in [-0.25, -0.2) is 0 Å². The molecular formula is C20H27ClN2O2+2. The molecule has 0 bridgehead atoms. The normalized spacial score (nSPS) is 20.3. The molecular weight excluding hydrogens is 336 g/mol. The zero-order valence-corrected chi connectivity index (χ0v) is 15.7. The van der Waals surface area contributed by atoms with Crippen LogP contribution in [-0.2, 0) is 13.1 Å². The molecule has 2 aromatic rings. The third kappa shape index (κ3) is 4.66. The summed E-state index contributed by atoms with van der Waals surface area (Å²) in [7, 11) is 3.36. The molecule has 0 aliphatic carbocycles. The molecule has 0 unspecified atom stereocenters. The fourth-order valence-electron chi connectivity index (χ4n) is 3.50. The fourth-order valence-corrected chi connectivity index (χ4v) is 3.70. The van der Waals surface area contributed by atoms with Gasteiger partial charge in [-0.3, -0.25) is 0 Å². The van der Waals surface area contributed by atoms with E-state index < -0.39 is 0 Å². The van der Waals surface area contributed by atoms with Gasteiger partial charge in [-0.1, -0.05) is 29.8 Å². The minimum absolute atomic E-state index is 0.787. The van der Waals surface area contributed by atoms with Crippen LogP contribution < -0.4 is 19.3 Å². The Kier molecular flexibility index (Phi) is 6.19. The van der Waals surface area contributed by atoms with Crippen molar-refractivity contribution in [3.05, 3.63) is 58.6 Å². The Morgan fingerprint density at radius 2 is 1.48 bits per heavy atom. The van der Waals surface area contributed by atoms with Crippen molar-refractivity contribution in [2.24, 2.45) is 0 Å². The van der Waals surface area contributed by atoms with Crippen molar-refractivity contribution >= 4 is 11.6 Å². The summed E-state index contributed by atoms with van der Waals surface area (Å²) in [4.78, 5) is 3.24. The molecule has 0 atom stereocenters. The molecule has 0 spiro atoms. The summed E-state index contributed by atoms with van der Waals surface area (Å²) in [5, 5.41) is 0.884. The van der Waals surface area contributed by atoms with Gasteiger partial charge in [0.05, 0.1) is 14.2 Å². The van der Waals surface area contributed by atoms with Crippen molar-refractivity contribution in [3.8, 4) is 11.5 Å². The van der Waals surface area contributed by atoms with Crippen LogP contribution in [0, 0.1) is 0 Å². The predicted molar refractivity (Wildman–Crippen MR) is 99.8 cm³/mol. The van der Waals surface area contributed by atoms with Crippen molar-refractivity contribution in [2.45, 2.75) is 13.1 Å². The molecule has 0 saturated carbocycles. The van der Waals surface area contributed by atoms with E-state index in [9.17, 15) is 0 Å². The van der Waals surface area contributed by atoms with Crippen LogP contribution in [0.2, 0.25) is 5.02 Å². The number of halogens is 1. The largest absolute Gasteiger partial charge is 0.493 e. The lowest BCUT2D eigenvalue weighted by Crippen LogP contribution is -3.27. The molecule has 0 radical (unpaired) electrons. The maximum absolute atomic E-state index is 6.29. The third-order valence-corrected chi connectivity index (χ3v) is 5.33. The Hall–Kier alpha value is -1.75. The maximum atomic E-state index is 6.29. The van der Waals surface area contributed by atoms with E-state index >= 15 is 0 Å². The molecule has 134 valence electrons. The van der Waals surface area contributed by atoms with Gasteiger partial charge in [-0.05, 0) is 24.3 Å². The van der Waals surface area contributed by atoms with Crippen LogP contribution in [0.5, 0.6) is 11.5 Å². The molecule has 0 amide bonds. The lowest BCUT2D eigenvalue weighted by Gasteiger charge is -2.30. The van der Waals surface area contributed by atoms with Crippen LogP contribution in [-0.4, -0.2) is 40.4 Å². The number of piperazine rings is 1. The Bertz CT molecular complexity index is 700. The summed E-state index contributed by atoms with van der Waals surface area (Å²) in [6, 6.07) is 14.4. The first-order valence-electron chi connectivity index (χ1n) is 8.81. The summed E-state index contributed by atoms with van der Waals surface area (Å²) in [6.07, 6.45) is 0.